The van der Waals surface area contributed by atoms with Crippen LogP contribution in [0.2, 0.25) is 0 Å². The normalized spacial score (nSPS) is 29.4. The highest BCUT2D eigenvalue weighted by Crippen LogP contribution is 2.47. The number of halogens is 2. The zero-order valence-electron chi connectivity index (χ0n) is 15.1. The van der Waals surface area contributed by atoms with Crippen LogP contribution in [0.4, 0.5) is 8.78 Å². The highest BCUT2D eigenvalue weighted by atomic mass is 19.3. The van der Waals surface area contributed by atoms with Gasteiger partial charge in [0, 0.05) is 18.0 Å². The smallest absolute Gasteiger partial charge is 0.263 e. The Morgan fingerprint density at radius 1 is 1.19 bits per heavy atom. The van der Waals surface area contributed by atoms with Gasteiger partial charge in [0.2, 0.25) is 5.91 Å². The lowest BCUT2D eigenvalue weighted by atomic mass is 9.60. The summed E-state index contributed by atoms with van der Waals surface area (Å²) in [7, 11) is 0. The standard InChI is InChI=1S/C19H24F2N2O4/c1-12(24)22-18-6-8-19(9-7-18,15(25)10-18)23-16(26)11-27-14-4-2-13(3-5-14)17(20)21/h2-5,15,17,25H,6-11H2,1H3,(H,22,24)(H,23,26)/t15-,18?,19?/m0/s1. The van der Waals surface area contributed by atoms with Gasteiger partial charge in [-0.3, -0.25) is 9.59 Å². The maximum absolute atomic E-state index is 12.5. The molecule has 0 spiro atoms. The Balaban J connectivity index is 1.54. The number of rotatable bonds is 6. The number of ether oxygens (including phenoxy) is 1. The van der Waals surface area contributed by atoms with Crippen LogP contribution in [0.15, 0.2) is 24.3 Å². The number of amides is 2. The van der Waals surface area contributed by atoms with E-state index < -0.39 is 18.1 Å². The van der Waals surface area contributed by atoms with Gasteiger partial charge in [-0.1, -0.05) is 0 Å². The molecule has 3 fully saturated rings. The molecular formula is C19H24F2N2O4. The fraction of sp³-hybridized carbons (Fsp3) is 0.579. The molecular weight excluding hydrogens is 358 g/mol. The molecule has 1 aromatic carbocycles. The van der Waals surface area contributed by atoms with E-state index in [1.807, 2.05) is 0 Å². The van der Waals surface area contributed by atoms with E-state index in [4.69, 9.17) is 4.74 Å². The number of aliphatic hydroxyl groups excluding tert-OH is 1. The van der Waals surface area contributed by atoms with E-state index in [2.05, 4.69) is 10.6 Å². The van der Waals surface area contributed by atoms with E-state index in [0.717, 1.165) is 0 Å². The second-order valence-electron chi connectivity index (χ2n) is 7.54. The predicted octanol–water partition coefficient (Wildman–Crippen LogP) is 2.07. The number of aliphatic hydroxyl groups is 1. The van der Waals surface area contributed by atoms with Gasteiger partial charge in [0.1, 0.15) is 5.75 Å². The van der Waals surface area contributed by atoms with E-state index >= 15 is 0 Å². The van der Waals surface area contributed by atoms with Crippen molar-refractivity contribution in [2.45, 2.75) is 62.6 Å². The van der Waals surface area contributed by atoms with E-state index in [9.17, 15) is 23.5 Å². The Kier molecular flexibility index (Phi) is 5.37. The van der Waals surface area contributed by atoms with Crippen molar-refractivity contribution in [3.05, 3.63) is 29.8 Å². The Morgan fingerprint density at radius 2 is 1.81 bits per heavy atom. The van der Waals surface area contributed by atoms with Crippen molar-refractivity contribution in [1.82, 2.24) is 10.6 Å². The summed E-state index contributed by atoms with van der Waals surface area (Å²) in [6.45, 7) is 1.20. The average Bonchev–Trinajstić information content (AvgIpc) is 2.61. The second-order valence-corrected chi connectivity index (χ2v) is 7.54. The molecule has 8 heteroatoms. The third-order valence-electron chi connectivity index (χ3n) is 5.65. The molecule has 4 rings (SSSR count). The summed E-state index contributed by atoms with van der Waals surface area (Å²) in [6.07, 6.45) is -0.360. The quantitative estimate of drug-likeness (QED) is 0.703. The lowest BCUT2D eigenvalue weighted by molar-refractivity contribution is -0.135. The van der Waals surface area contributed by atoms with Gasteiger partial charge < -0.3 is 20.5 Å². The maximum Gasteiger partial charge on any atom is 0.263 e. The first kappa shape index (κ1) is 19.5. The van der Waals surface area contributed by atoms with Crippen LogP contribution in [0, 0.1) is 0 Å². The third-order valence-corrected chi connectivity index (χ3v) is 5.65. The SMILES string of the molecule is CC(=O)NC12CCC(NC(=O)COc3ccc(C(F)F)cc3)(CC1)[C@@H](O)C2. The monoisotopic (exact) mass is 382 g/mol. The molecule has 3 aliphatic carbocycles. The molecule has 0 heterocycles. The molecule has 1 atom stereocenters. The van der Waals surface area contributed by atoms with Crippen molar-refractivity contribution in [3.63, 3.8) is 0 Å². The predicted molar refractivity (Wildman–Crippen MR) is 93.4 cm³/mol. The first-order valence-electron chi connectivity index (χ1n) is 9.02. The Labute approximate surface area is 156 Å². The van der Waals surface area contributed by atoms with Gasteiger partial charge in [-0.25, -0.2) is 8.78 Å². The molecule has 3 saturated carbocycles. The summed E-state index contributed by atoms with van der Waals surface area (Å²) in [5, 5.41) is 16.4. The maximum atomic E-state index is 12.5. The molecule has 27 heavy (non-hydrogen) atoms. The molecule has 0 saturated heterocycles. The van der Waals surface area contributed by atoms with Crippen LogP contribution < -0.4 is 15.4 Å². The van der Waals surface area contributed by atoms with Crippen molar-refractivity contribution in [3.8, 4) is 5.75 Å². The van der Waals surface area contributed by atoms with Crippen LogP contribution in [0.3, 0.4) is 0 Å². The van der Waals surface area contributed by atoms with Gasteiger partial charge in [-0.05, 0) is 56.4 Å². The molecule has 6 nitrogen and oxygen atoms in total. The van der Waals surface area contributed by atoms with Crippen LogP contribution in [-0.4, -0.2) is 40.7 Å². The summed E-state index contributed by atoms with van der Waals surface area (Å²) in [6, 6.07) is 5.30. The number of hydrogen-bond donors (Lipinski definition) is 3. The number of nitrogens with one attached hydrogen (secondary N) is 2. The van der Waals surface area contributed by atoms with E-state index in [1.165, 1.54) is 31.2 Å². The van der Waals surface area contributed by atoms with E-state index in [1.54, 1.807) is 0 Å². The lowest BCUT2D eigenvalue weighted by Gasteiger charge is -2.56. The number of alkyl halides is 2. The molecule has 3 aliphatic rings. The Bertz CT molecular complexity index is 700. The summed E-state index contributed by atoms with van der Waals surface area (Å²) >= 11 is 0. The number of carbonyl (C=O) groups excluding carboxylic acids is 2. The van der Waals surface area contributed by atoms with Crippen molar-refractivity contribution >= 4 is 11.8 Å². The van der Waals surface area contributed by atoms with Gasteiger partial charge in [-0.15, -0.1) is 0 Å². The number of fused-ring (bicyclic) bond motifs is 3. The fourth-order valence-electron chi connectivity index (χ4n) is 4.21. The molecule has 2 amide bonds. The molecule has 0 aliphatic heterocycles. The topological polar surface area (TPSA) is 87.7 Å². The number of benzene rings is 1. The van der Waals surface area contributed by atoms with Gasteiger partial charge >= 0.3 is 0 Å². The Morgan fingerprint density at radius 3 is 2.33 bits per heavy atom. The molecule has 2 bridgehead atoms. The van der Waals surface area contributed by atoms with Gasteiger partial charge in [0.15, 0.2) is 6.61 Å². The van der Waals surface area contributed by atoms with Crippen LogP contribution in [0.1, 0.15) is 51.0 Å². The van der Waals surface area contributed by atoms with Crippen LogP contribution in [-0.2, 0) is 9.59 Å². The Hall–Kier alpha value is -2.22. The second kappa shape index (κ2) is 7.42. The first-order valence-corrected chi connectivity index (χ1v) is 9.02. The molecule has 1 aromatic rings. The zero-order valence-corrected chi connectivity index (χ0v) is 15.1. The highest BCUT2D eigenvalue weighted by molar-refractivity contribution is 5.78. The van der Waals surface area contributed by atoms with Gasteiger partial charge in [0.25, 0.3) is 12.3 Å². The van der Waals surface area contributed by atoms with Gasteiger partial charge in [0.05, 0.1) is 11.6 Å². The van der Waals surface area contributed by atoms with Crippen molar-refractivity contribution in [1.29, 1.82) is 0 Å². The van der Waals surface area contributed by atoms with Crippen LogP contribution >= 0.6 is 0 Å². The van der Waals surface area contributed by atoms with Crippen LogP contribution in [0.5, 0.6) is 5.75 Å². The molecule has 0 unspecified atom stereocenters. The molecule has 0 aromatic heterocycles. The van der Waals surface area contributed by atoms with Crippen molar-refractivity contribution in [2.24, 2.45) is 0 Å². The zero-order chi connectivity index (χ0) is 19.7. The summed E-state index contributed by atoms with van der Waals surface area (Å²) in [5.74, 6) is -0.169. The average molecular weight is 382 g/mol. The minimum atomic E-state index is -2.55. The van der Waals surface area contributed by atoms with Crippen molar-refractivity contribution < 1.29 is 28.2 Å². The fourth-order valence-corrected chi connectivity index (χ4v) is 4.21. The largest absolute Gasteiger partial charge is 0.484 e. The number of hydrogen-bond acceptors (Lipinski definition) is 4. The first-order chi connectivity index (χ1) is 12.7. The summed E-state index contributed by atoms with van der Waals surface area (Å²) < 4.78 is 30.4. The van der Waals surface area contributed by atoms with Crippen LogP contribution in [0.25, 0.3) is 0 Å². The van der Waals surface area contributed by atoms with Crippen molar-refractivity contribution in [2.75, 3.05) is 6.61 Å². The summed E-state index contributed by atoms with van der Waals surface area (Å²) in [5.41, 5.74) is -1.21. The molecule has 148 valence electrons. The highest BCUT2D eigenvalue weighted by Gasteiger charge is 2.55. The lowest BCUT2D eigenvalue weighted by Crippen LogP contribution is -2.70. The number of carbonyl (C=O) groups is 2. The molecule has 3 N–H and O–H groups in total. The van der Waals surface area contributed by atoms with E-state index in [-0.39, 0.29) is 29.5 Å². The molecule has 0 radical (unpaired) electrons. The minimum absolute atomic E-state index is 0.110. The van der Waals surface area contributed by atoms with Gasteiger partial charge in [-0.2, -0.15) is 0 Å². The minimum Gasteiger partial charge on any atom is -0.484 e. The third kappa shape index (κ3) is 4.21. The summed E-state index contributed by atoms with van der Waals surface area (Å²) in [4.78, 5) is 23.7. The van der Waals surface area contributed by atoms with E-state index in [0.29, 0.717) is 37.9 Å².